The number of hydrogen-bond acceptors (Lipinski definition) is 4. The quantitative estimate of drug-likeness (QED) is 0.812. The molecule has 4 nitrogen and oxygen atoms in total. The Labute approximate surface area is 99.3 Å². The standard InChI is InChI=1S/C11H12ClNO3/c1-14-8-6-9(15-2)11(16-3)7(4-5-13)10(8)12/h6H,4H2,1-3H3. The molecule has 16 heavy (non-hydrogen) atoms. The molecule has 0 saturated heterocycles. The highest BCUT2D eigenvalue weighted by Gasteiger charge is 2.18. The van der Waals surface area contributed by atoms with E-state index in [1.165, 1.54) is 21.3 Å². The van der Waals surface area contributed by atoms with Crippen molar-refractivity contribution < 1.29 is 14.2 Å². The second kappa shape index (κ2) is 5.47. The number of ether oxygens (including phenoxy) is 3. The third-order valence-electron chi connectivity index (χ3n) is 2.14. The molecule has 0 unspecified atom stereocenters. The Bertz CT molecular complexity index is 426. The Morgan fingerprint density at radius 3 is 2.25 bits per heavy atom. The van der Waals surface area contributed by atoms with Crippen LogP contribution in [0.15, 0.2) is 6.07 Å². The van der Waals surface area contributed by atoms with Crippen LogP contribution in [0.25, 0.3) is 0 Å². The lowest BCUT2D eigenvalue weighted by molar-refractivity contribution is 0.346. The highest BCUT2D eigenvalue weighted by atomic mass is 35.5. The maximum atomic E-state index is 8.75. The van der Waals surface area contributed by atoms with Gasteiger partial charge in [0.1, 0.15) is 5.75 Å². The van der Waals surface area contributed by atoms with Crippen LogP contribution in [-0.4, -0.2) is 21.3 Å². The van der Waals surface area contributed by atoms with Gasteiger partial charge in [0.25, 0.3) is 0 Å². The van der Waals surface area contributed by atoms with E-state index >= 15 is 0 Å². The molecule has 0 saturated carbocycles. The Hall–Kier alpha value is -1.60. The van der Waals surface area contributed by atoms with Crippen molar-refractivity contribution in [2.75, 3.05) is 21.3 Å². The van der Waals surface area contributed by atoms with Crippen molar-refractivity contribution in [2.24, 2.45) is 0 Å². The van der Waals surface area contributed by atoms with Crippen molar-refractivity contribution in [2.45, 2.75) is 6.42 Å². The molecule has 0 aliphatic carbocycles. The maximum absolute atomic E-state index is 8.75. The predicted molar refractivity (Wildman–Crippen MR) is 60.4 cm³/mol. The smallest absolute Gasteiger partial charge is 0.166 e. The van der Waals surface area contributed by atoms with Gasteiger partial charge < -0.3 is 14.2 Å². The van der Waals surface area contributed by atoms with Crippen molar-refractivity contribution in [3.05, 3.63) is 16.7 Å². The zero-order valence-corrected chi connectivity index (χ0v) is 10.1. The van der Waals surface area contributed by atoms with E-state index < -0.39 is 0 Å². The molecule has 0 spiro atoms. The summed E-state index contributed by atoms with van der Waals surface area (Å²) in [5.41, 5.74) is 0.572. The topological polar surface area (TPSA) is 51.5 Å². The summed E-state index contributed by atoms with van der Waals surface area (Å²) in [6.45, 7) is 0. The zero-order valence-electron chi connectivity index (χ0n) is 9.33. The van der Waals surface area contributed by atoms with Gasteiger partial charge in [-0.05, 0) is 0 Å². The van der Waals surface area contributed by atoms with Crippen LogP contribution in [0, 0.1) is 11.3 Å². The second-order valence-corrected chi connectivity index (χ2v) is 3.32. The first kappa shape index (κ1) is 12.5. The van der Waals surface area contributed by atoms with Crippen molar-refractivity contribution in [1.29, 1.82) is 5.26 Å². The van der Waals surface area contributed by atoms with Crippen molar-refractivity contribution in [3.63, 3.8) is 0 Å². The molecule has 0 bridgehead atoms. The predicted octanol–water partition coefficient (Wildman–Crippen LogP) is 2.43. The molecule has 0 N–H and O–H groups in total. The average Bonchev–Trinajstić information content (AvgIpc) is 2.31. The molecule has 5 heteroatoms. The number of hydrogen-bond donors (Lipinski definition) is 0. The molecule has 0 aliphatic rings. The van der Waals surface area contributed by atoms with E-state index in [1.54, 1.807) is 6.07 Å². The van der Waals surface area contributed by atoms with Crippen LogP contribution >= 0.6 is 11.6 Å². The van der Waals surface area contributed by atoms with Gasteiger partial charge in [-0.2, -0.15) is 5.26 Å². The Kier molecular flexibility index (Phi) is 4.27. The highest BCUT2D eigenvalue weighted by Crippen LogP contribution is 2.42. The monoisotopic (exact) mass is 241 g/mol. The summed E-state index contributed by atoms with van der Waals surface area (Å²) in [5, 5.41) is 9.12. The minimum absolute atomic E-state index is 0.134. The molecule has 1 aromatic carbocycles. The van der Waals surface area contributed by atoms with Gasteiger partial charge in [0.05, 0.1) is 38.8 Å². The summed E-state index contributed by atoms with van der Waals surface area (Å²) < 4.78 is 15.4. The van der Waals surface area contributed by atoms with E-state index in [4.69, 9.17) is 31.1 Å². The first-order chi connectivity index (χ1) is 7.69. The first-order valence-corrected chi connectivity index (χ1v) is 4.91. The molecule has 0 heterocycles. The molecule has 0 fully saturated rings. The summed E-state index contributed by atoms with van der Waals surface area (Å²) in [6.07, 6.45) is 0.134. The fourth-order valence-corrected chi connectivity index (χ4v) is 1.69. The number of benzene rings is 1. The molecule has 0 aliphatic heterocycles. The van der Waals surface area contributed by atoms with Gasteiger partial charge in [0.15, 0.2) is 11.5 Å². The first-order valence-electron chi connectivity index (χ1n) is 4.53. The summed E-state index contributed by atoms with van der Waals surface area (Å²) >= 11 is 6.09. The summed E-state index contributed by atoms with van der Waals surface area (Å²) in [4.78, 5) is 0. The number of methoxy groups -OCH3 is 3. The number of nitrogens with zero attached hydrogens (tertiary/aromatic N) is 1. The minimum atomic E-state index is 0.134. The molecule has 0 aromatic heterocycles. The Balaban J connectivity index is 3.45. The second-order valence-electron chi connectivity index (χ2n) is 2.94. The van der Waals surface area contributed by atoms with Crippen LogP contribution in [0.5, 0.6) is 17.2 Å². The summed E-state index contributed by atoms with van der Waals surface area (Å²) in [7, 11) is 4.52. The van der Waals surface area contributed by atoms with E-state index in [-0.39, 0.29) is 6.42 Å². The average molecular weight is 242 g/mol. The van der Waals surface area contributed by atoms with Crippen LogP contribution in [0.1, 0.15) is 5.56 Å². The molecular formula is C11H12ClNO3. The lowest BCUT2D eigenvalue weighted by Crippen LogP contribution is -1.99. The van der Waals surface area contributed by atoms with Crippen LogP contribution < -0.4 is 14.2 Å². The van der Waals surface area contributed by atoms with E-state index in [1.807, 2.05) is 6.07 Å². The molecule has 0 radical (unpaired) electrons. The largest absolute Gasteiger partial charge is 0.495 e. The fourth-order valence-electron chi connectivity index (χ4n) is 1.41. The van der Waals surface area contributed by atoms with Crippen molar-refractivity contribution in [1.82, 2.24) is 0 Å². The summed E-state index contributed by atoms with van der Waals surface area (Å²) in [6, 6.07) is 3.65. The molecule has 0 atom stereocenters. The van der Waals surface area contributed by atoms with Gasteiger partial charge in [-0.25, -0.2) is 0 Å². The van der Waals surface area contributed by atoms with Crippen LogP contribution in [0.3, 0.4) is 0 Å². The lowest BCUT2D eigenvalue weighted by Gasteiger charge is -2.15. The van der Waals surface area contributed by atoms with Crippen LogP contribution in [-0.2, 0) is 6.42 Å². The molecule has 0 amide bonds. The minimum Gasteiger partial charge on any atom is -0.495 e. The fraction of sp³-hybridized carbons (Fsp3) is 0.364. The molecular weight excluding hydrogens is 230 g/mol. The molecule has 1 rings (SSSR count). The third-order valence-corrected chi connectivity index (χ3v) is 2.56. The number of halogens is 1. The Morgan fingerprint density at radius 1 is 1.19 bits per heavy atom. The van der Waals surface area contributed by atoms with Crippen molar-refractivity contribution in [3.8, 4) is 23.3 Å². The van der Waals surface area contributed by atoms with E-state index in [9.17, 15) is 0 Å². The van der Waals surface area contributed by atoms with Gasteiger partial charge in [-0.15, -0.1) is 0 Å². The van der Waals surface area contributed by atoms with Gasteiger partial charge in [-0.3, -0.25) is 0 Å². The van der Waals surface area contributed by atoms with Crippen molar-refractivity contribution >= 4 is 11.6 Å². The van der Waals surface area contributed by atoms with Gasteiger partial charge in [0, 0.05) is 11.6 Å². The van der Waals surface area contributed by atoms with Crippen LogP contribution in [0.2, 0.25) is 5.02 Å². The Morgan fingerprint density at radius 2 is 1.81 bits per heavy atom. The normalized spacial score (nSPS) is 9.44. The number of rotatable bonds is 4. The van der Waals surface area contributed by atoms with Crippen LogP contribution in [0.4, 0.5) is 0 Å². The van der Waals surface area contributed by atoms with E-state index in [0.29, 0.717) is 27.8 Å². The van der Waals surface area contributed by atoms with E-state index in [0.717, 1.165) is 0 Å². The van der Waals surface area contributed by atoms with E-state index in [2.05, 4.69) is 0 Å². The zero-order chi connectivity index (χ0) is 12.1. The number of nitriles is 1. The SMILES string of the molecule is COc1cc(OC)c(OC)c(CC#N)c1Cl. The van der Waals surface area contributed by atoms with Gasteiger partial charge in [-0.1, -0.05) is 11.6 Å². The lowest BCUT2D eigenvalue weighted by atomic mass is 10.1. The summed E-state index contributed by atoms with van der Waals surface area (Å²) in [5.74, 6) is 1.42. The molecule has 1 aromatic rings. The van der Waals surface area contributed by atoms with Gasteiger partial charge >= 0.3 is 0 Å². The third kappa shape index (κ3) is 2.15. The molecule has 86 valence electrons. The van der Waals surface area contributed by atoms with Gasteiger partial charge in [0.2, 0.25) is 0 Å². The maximum Gasteiger partial charge on any atom is 0.166 e. The highest BCUT2D eigenvalue weighted by molar-refractivity contribution is 6.33.